The second-order valence-corrected chi connectivity index (χ2v) is 3.06. The molecule has 0 unspecified atom stereocenters. The van der Waals surface area contributed by atoms with Gasteiger partial charge < -0.3 is 15.2 Å². The number of rotatable bonds is 3. The van der Waals surface area contributed by atoms with E-state index < -0.39 is 11.6 Å². The van der Waals surface area contributed by atoms with Gasteiger partial charge in [0, 0.05) is 6.04 Å². The van der Waals surface area contributed by atoms with Crippen molar-refractivity contribution in [2.45, 2.75) is 13.0 Å². The van der Waals surface area contributed by atoms with E-state index in [-0.39, 0.29) is 11.8 Å². The van der Waals surface area contributed by atoms with Gasteiger partial charge in [0.2, 0.25) is 0 Å². The van der Waals surface area contributed by atoms with Crippen molar-refractivity contribution in [3.8, 4) is 11.5 Å². The minimum absolute atomic E-state index is 0.0130. The first-order valence-electron chi connectivity index (χ1n) is 4.33. The van der Waals surface area contributed by atoms with Gasteiger partial charge in [0.1, 0.15) is 0 Å². The number of phenolic OH excluding ortho intramolecular Hbond substituents is 1. The molecule has 2 N–H and O–H groups in total. The predicted molar refractivity (Wildman–Crippen MR) is 52.1 cm³/mol. The lowest BCUT2D eigenvalue weighted by atomic mass is 10.1. The normalized spacial score (nSPS) is 12.6. The van der Waals surface area contributed by atoms with Gasteiger partial charge >= 0.3 is 0 Å². The number of phenols is 1. The lowest BCUT2D eigenvalue weighted by Gasteiger charge is -2.13. The van der Waals surface area contributed by atoms with Crippen molar-refractivity contribution < 1.29 is 14.2 Å². The molecule has 0 amide bonds. The fourth-order valence-electron chi connectivity index (χ4n) is 1.17. The highest BCUT2D eigenvalue weighted by atomic mass is 19.1. The second kappa shape index (κ2) is 4.28. The Bertz CT molecular complexity index is 328. The van der Waals surface area contributed by atoms with Crippen molar-refractivity contribution in [3.05, 3.63) is 23.5 Å². The van der Waals surface area contributed by atoms with Crippen LogP contribution in [0.5, 0.6) is 11.5 Å². The van der Waals surface area contributed by atoms with E-state index in [4.69, 9.17) is 4.74 Å². The van der Waals surface area contributed by atoms with Gasteiger partial charge in [0.25, 0.3) is 0 Å². The summed E-state index contributed by atoms with van der Waals surface area (Å²) < 4.78 is 18.0. The minimum atomic E-state index is -0.665. The van der Waals surface area contributed by atoms with Crippen LogP contribution in [-0.4, -0.2) is 19.3 Å². The highest BCUT2D eigenvalue weighted by Crippen LogP contribution is 2.31. The highest BCUT2D eigenvalue weighted by molar-refractivity contribution is 5.43. The Kier molecular flexibility index (Phi) is 3.30. The van der Waals surface area contributed by atoms with Gasteiger partial charge in [0.05, 0.1) is 7.11 Å². The molecule has 1 atom stereocenters. The van der Waals surface area contributed by atoms with Crippen LogP contribution in [-0.2, 0) is 0 Å². The van der Waals surface area contributed by atoms with Gasteiger partial charge in [-0.1, -0.05) is 0 Å². The maximum absolute atomic E-state index is 13.2. The number of ether oxygens (including phenoxy) is 1. The molecule has 0 aliphatic carbocycles. The van der Waals surface area contributed by atoms with E-state index in [9.17, 15) is 9.50 Å². The molecular weight excluding hydrogens is 185 g/mol. The van der Waals surface area contributed by atoms with Gasteiger partial charge in [-0.3, -0.25) is 0 Å². The number of benzene rings is 1. The standard InChI is InChI=1S/C10H14FNO2/c1-6(12-2)7-4-8(11)10(13)9(5-7)14-3/h4-6,12-13H,1-3H3/t6-/m0/s1. The number of nitrogens with one attached hydrogen (secondary N) is 1. The third-order valence-electron chi connectivity index (χ3n) is 2.20. The predicted octanol–water partition coefficient (Wildman–Crippen LogP) is 1.82. The molecule has 0 saturated carbocycles. The van der Waals surface area contributed by atoms with Crippen LogP contribution >= 0.6 is 0 Å². The Labute approximate surface area is 82.5 Å². The molecule has 0 radical (unpaired) electrons. The highest BCUT2D eigenvalue weighted by Gasteiger charge is 2.12. The van der Waals surface area contributed by atoms with Gasteiger partial charge in [-0.15, -0.1) is 0 Å². The van der Waals surface area contributed by atoms with Crippen LogP contribution < -0.4 is 10.1 Å². The van der Waals surface area contributed by atoms with Crippen molar-refractivity contribution in [2.24, 2.45) is 0 Å². The summed E-state index contributed by atoms with van der Waals surface area (Å²) in [6, 6.07) is 2.91. The molecule has 0 aromatic heterocycles. The Balaban J connectivity index is 3.16. The summed E-state index contributed by atoms with van der Waals surface area (Å²) in [5, 5.41) is 12.2. The maximum Gasteiger partial charge on any atom is 0.194 e. The lowest BCUT2D eigenvalue weighted by molar-refractivity contribution is 0.355. The van der Waals surface area contributed by atoms with E-state index in [1.54, 1.807) is 13.1 Å². The molecule has 0 bridgehead atoms. The van der Waals surface area contributed by atoms with Crippen LogP contribution in [0.25, 0.3) is 0 Å². The topological polar surface area (TPSA) is 41.5 Å². The molecule has 0 spiro atoms. The Morgan fingerprint density at radius 1 is 1.50 bits per heavy atom. The van der Waals surface area contributed by atoms with Gasteiger partial charge in [-0.05, 0) is 31.7 Å². The molecule has 0 aliphatic heterocycles. The molecule has 3 nitrogen and oxygen atoms in total. The zero-order chi connectivity index (χ0) is 10.7. The minimum Gasteiger partial charge on any atom is -0.502 e. The molecule has 0 aliphatic rings. The maximum atomic E-state index is 13.2. The number of hydrogen-bond donors (Lipinski definition) is 2. The van der Waals surface area contributed by atoms with Crippen molar-refractivity contribution in [1.82, 2.24) is 5.32 Å². The quantitative estimate of drug-likeness (QED) is 0.780. The zero-order valence-corrected chi connectivity index (χ0v) is 8.47. The summed E-state index contributed by atoms with van der Waals surface area (Å²) in [6.07, 6.45) is 0. The molecular formula is C10H14FNO2. The summed E-state index contributed by atoms with van der Waals surface area (Å²) in [4.78, 5) is 0. The van der Waals surface area contributed by atoms with Crippen LogP contribution in [0.15, 0.2) is 12.1 Å². The van der Waals surface area contributed by atoms with Crippen LogP contribution in [0.1, 0.15) is 18.5 Å². The molecule has 1 aromatic rings. The third-order valence-corrected chi connectivity index (χ3v) is 2.20. The average Bonchev–Trinajstić information content (AvgIpc) is 2.20. The smallest absolute Gasteiger partial charge is 0.194 e. The summed E-state index contributed by atoms with van der Waals surface area (Å²) in [5.41, 5.74) is 0.736. The number of hydrogen-bond acceptors (Lipinski definition) is 3. The monoisotopic (exact) mass is 199 g/mol. The van der Waals surface area contributed by atoms with Crippen molar-refractivity contribution >= 4 is 0 Å². The molecule has 14 heavy (non-hydrogen) atoms. The van der Waals surface area contributed by atoms with E-state index in [1.807, 2.05) is 6.92 Å². The number of halogens is 1. The number of aromatic hydroxyl groups is 1. The van der Waals surface area contributed by atoms with Gasteiger partial charge in [-0.25, -0.2) is 4.39 Å². The summed E-state index contributed by atoms with van der Waals surface area (Å²) in [5.74, 6) is -0.955. The summed E-state index contributed by atoms with van der Waals surface area (Å²) in [6.45, 7) is 1.89. The largest absolute Gasteiger partial charge is 0.502 e. The molecule has 0 heterocycles. The zero-order valence-electron chi connectivity index (χ0n) is 8.47. The molecule has 1 rings (SSSR count). The fraction of sp³-hybridized carbons (Fsp3) is 0.400. The van der Waals surface area contributed by atoms with Crippen molar-refractivity contribution in [2.75, 3.05) is 14.2 Å². The van der Waals surface area contributed by atoms with Gasteiger partial charge in [0.15, 0.2) is 17.3 Å². The van der Waals surface area contributed by atoms with Crippen LogP contribution in [0.2, 0.25) is 0 Å². The Hall–Kier alpha value is -1.29. The fourth-order valence-corrected chi connectivity index (χ4v) is 1.17. The second-order valence-electron chi connectivity index (χ2n) is 3.06. The van der Waals surface area contributed by atoms with E-state index in [1.165, 1.54) is 13.2 Å². The first kappa shape index (κ1) is 10.8. The molecule has 4 heteroatoms. The molecule has 0 saturated heterocycles. The van der Waals surface area contributed by atoms with Crippen LogP contribution in [0.3, 0.4) is 0 Å². The summed E-state index contributed by atoms with van der Waals surface area (Å²) in [7, 11) is 3.17. The van der Waals surface area contributed by atoms with E-state index in [2.05, 4.69) is 5.32 Å². The van der Waals surface area contributed by atoms with Gasteiger partial charge in [-0.2, -0.15) is 0 Å². The average molecular weight is 199 g/mol. The third kappa shape index (κ3) is 1.96. The summed E-state index contributed by atoms with van der Waals surface area (Å²) >= 11 is 0. The van der Waals surface area contributed by atoms with E-state index in [0.717, 1.165) is 5.56 Å². The lowest BCUT2D eigenvalue weighted by Crippen LogP contribution is -2.12. The Morgan fingerprint density at radius 3 is 2.64 bits per heavy atom. The number of methoxy groups -OCH3 is 1. The van der Waals surface area contributed by atoms with Crippen LogP contribution in [0, 0.1) is 5.82 Å². The van der Waals surface area contributed by atoms with Crippen molar-refractivity contribution in [1.29, 1.82) is 0 Å². The molecule has 78 valence electrons. The first-order chi connectivity index (χ1) is 6.60. The van der Waals surface area contributed by atoms with E-state index in [0.29, 0.717) is 0 Å². The Morgan fingerprint density at radius 2 is 2.14 bits per heavy atom. The first-order valence-corrected chi connectivity index (χ1v) is 4.33. The van der Waals surface area contributed by atoms with Crippen LogP contribution in [0.4, 0.5) is 4.39 Å². The molecule has 1 aromatic carbocycles. The van der Waals surface area contributed by atoms with E-state index >= 15 is 0 Å². The molecule has 0 fully saturated rings. The SMILES string of the molecule is CN[C@@H](C)c1cc(F)c(O)c(OC)c1. The van der Waals surface area contributed by atoms with Crippen molar-refractivity contribution in [3.63, 3.8) is 0 Å².